The van der Waals surface area contributed by atoms with E-state index in [-0.39, 0.29) is 4.67 Å². The first-order chi connectivity index (χ1) is 3.13. The van der Waals surface area contributed by atoms with Crippen molar-refractivity contribution < 1.29 is 8.78 Å². The maximum absolute atomic E-state index is 11.1. The van der Waals surface area contributed by atoms with Gasteiger partial charge in [0.1, 0.15) is 0 Å². The molecule has 0 aromatic carbocycles. The Labute approximate surface area is 47.4 Å². The number of nitrogens with one attached hydrogen (secondary N) is 1. The molecule has 0 unspecified atom stereocenters. The van der Waals surface area contributed by atoms with Crippen LogP contribution in [-0.2, 0) is 0 Å². The van der Waals surface area contributed by atoms with Crippen LogP contribution in [0, 0.1) is 0 Å². The van der Waals surface area contributed by atoms with Gasteiger partial charge in [0, 0.05) is 0 Å². The first-order valence-electron chi connectivity index (χ1n) is 1.47. The zero-order valence-corrected chi connectivity index (χ0v) is 5.03. The minimum absolute atomic E-state index is 0.0880. The van der Waals surface area contributed by atoms with E-state index in [1.807, 2.05) is 0 Å². The molecule has 0 rings (SSSR count). The van der Waals surface area contributed by atoms with E-state index >= 15 is 0 Å². The van der Waals surface area contributed by atoms with Crippen molar-refractivity contribution in [1.29, 1.82) is 0 Å². The molecule has 0 saturated carbocycles. The summed E-state index contributed by atoms with van der Waals surface area (Å²) in [5.41, 5.74) is 4.76. The molecule has 0 bridgehead atoms. The second-order valence-electron chi connectivity index (χ2n) is 0.809. The number of nitrogens with two attached hydrogens (primary N) is 1. The molecule has 0 amide bonds. The van der Waals surface area contributed by atoms with Crippen molar-refractivity contribution in [2.24, 2.45) is 5.73 Å². The van der Waals surface area contributed by atoms with Crippen molar-refractivity contribution in [3.8, 4) is 0 Å². The molecule has 0 aliphatic rings. The molecule has 5 heteroatoms. The van der Waals surface area contributed by atoms with Crippen molar-refractivity contribution in [2.75, 3.05) is 0 Å². The fraction of sp³-hybridized carbons (Fsp3) is 0.500. The monoisotopic (exact) mass is 174 g/mol. The summed E-state index contributed by atoms with van der Waals surface area (Å²) in [5.74, 6) is 0. The van der Waals surface area contributed by atoms with Crippen LogP contribution < -0.4 is 11.1 Å². The van der Waals surface area contributed by atoms with Crippen LogP contribution in [0.2, 0.25) is 0 Å². The van der Waals surface area contributed by atoms with Gasteiger partial charge in [-0.05, 0) is 0 Å². The van der Waals surface area contributed by atoms with Crippen LogP contribution in [0.4, 0.5) is 8.78 Å². The maximum atomic E-state index is 11.1. The number of rotatable bonds is 2. The summed E-state index contributed by atoms with van der Waals surface area (Å²) < 4.78 is 22.0. The normalized spacial score (nSPS) is 9.00. The second kappa shape index (κ2) is 2.93. The Kier molecular flexibility index (Phi) is 2.87. The number of alkyl halides is 2. The van der Waals surface area contributed by atoms with E-state index in [0.717, 1.165) is 0 Å². The van der Waals surface area contributed by atoms with Crippen LogP contribution in [0.1, 0.15) is 0 Å². The van der Waals surface area contributed by atoms with Crippen LogP contribution in [0.25, 0.3) is 0 Å². The third kappa shape index (κ3) is 5.85. The van der Waals surface area contributed by atoms with Gasteiger partial charge >= 0.3 is 46.6 Å². The van der Waals surface area contributed by atoms with Gasteiger partial charge in [0.25, 0.3) is 0 Å². The van der Waals surface area contributed by atoms with Gasteiger partial charge in [0.2, 0.25) is 0 Å². The third-order valence-electron chi connectivity index (χ3n) is 0.251. The quantitative estimate of drug-likeness (QED) is 0.415. The van der Waals surface area contributed by atoms with E-state index in [4.69, 9.17) is 5.73 Å². The Balaban J connectivity index is 3.13. The summed E-state index contributed by atoms with van der Waals surface area (Å²) in [5, 5.41) is 1.61. The van der Waals surface area contributed by atoms with Gasteiger partial charge in [-0.1, -0.05) is 0 Å². The van der Waals surface area contributed by atoms with Crippen LogP contribution in [0.15, 0.2) is 0 Å². The molecule has 0 fully saturated rings. The van der Waals surface area contributed by atoms with Crippen LogP contribution >= 0.6 is 0 Å². The van der Waals surface area contributed by atoms with Crippen molar-refractivity contribution in [1.82, 2.24) is 5.32 Å². The summed E-state index contributed by atoms with van der Waals surface area (Å²) in [6, 6.07) is 0. The summed E-state index contributed by atoms with van der Waals surface area (Å²) >= 11 is 2.17. The van der Waals surface area contributed by atoms with Crippen molar-refractivity contribution in [2.45, 2.75) is 6.55 Å². The van der Waals surface area contributed by atoms with Crippen molar-refractivity contribution in [3.05, 3.63) is 0 Å². The predicted octanol–water partition coefficient (Wildman–Crippen LogP) is -0.987. The molecule has 0 aliphatic carbocycles. The standard InChI is InChI=1S/C2H4F2N2Se/c3-1(4)6-2(5)7/h1H,(H3,5,6,7). The molecule has 0 aliphatic heterocycles. The number of hydrogen-bond donors (Lipinski definition) is 2. The van der Waals surface area contributed by atoms with E-state index in [2.05, 4.69) is 15.6 Å². The van der Waals surface area contributed by atoms with Gasteiger partial charge in [-0.25, -0.2) is 0 Å². The van der Waals surface area contributed by atoms with E-state index in [1.54, 1.807) is 5.32 Å². The molecule has 3 N–H and O–H groups in total. The first-order valence-corrected chi connectivity index (χ1v) is 2.32. The Bertz CT molecular complexity index is 74.1. The Morgan fingerprint density at radius 2 is 2.14 bits per heavy atom. The molecule has 0 atom stereocenters. The Morgan fingerprint density at radius 1 is 1.71 bits per heavy atom. The van der Waals surface area contributed by atoms with Gasteiger partial charge in [-0.3, -0.25) is 0 Å². The topological polar surface area (TPSA) is 38.0 Å². The molecule has 0 radical (unpaired) electrons. The molecule has 2 nitrogen and oxygen atoms in total. The molecule has 7 heavy (non-hydrogen) atoms. The van der Waals surface area contributed by atoms with Gasteiger partial charge in [0.15, 0.2) is 0 Å². The summed E-state index contributed by atoms with van der Waals surface area (Å²) in [7, 11) is 0. The molecular weight excluding hydrogens is 169 g/mol. The van der Waals surface area contributed by atoms with Crippen LogP contribution in [0.3, 0.4) is 0 Å². The molecule has 0 aromatic heterocycles. The van der Waals surface area contributed by atoms with E-state index in [1.165, 1.54) is 0 Å². The third-order valence-corrected chi connectivity index (χ3v) is 0.499. The summed E-state index contributed by atoms with van der Waals surface area (Å²) in [6.45, 7) is -2.57. The fourth-order valence-electron chi connectivity index (χ4n) is 0.108. The molecule has 0 saturated heterocycles. The van der Waals surface area contributed by atoms with Gasteiger partial charge in [0.05, 0.1) is 0 Å². The Hall–Kier alpha value is -0.151. The predicted molar refractivity (Wildman–Crippen MR) is 24.1 cm³/mol. The zero-order valence-electron chi connectivity index (χ0n) is 3.32. The molecule has 0 spiro atoms. The van der Waals surface area contributed by atoms with Gasteiger partial charge < -0.3 is 0 Å². The zero-order chi connectivity index (χ0) is 5.86. The summed E-state index contributed by atoms with van der Waals surface area (Å²) in [4.78, 5) is 0. The molecule has 0 heterocycles. The van der Waals surface area contributed by atoms with Gasteiger partial charge in [-0.2, -0.15) is 0 Å². The van der Waals surface area contributed by atoms with Crippen LogP contribution in [0.5, 0.6) is 0 Å². The minimum atomic E-state index is -2.57. The van der Waals surface area contributed by atoms with Crippen molar-refractivity contribution in [3.63, 3.8) is 0 Å². The summed E-state index contributed by atoms with van der Waals surface area (Å²) in [6.07, 6.45) is 0. The Morgan fingerprint density at radius 3 is 2.14 bits per heavy atom. The first kappa shape index (κ1) is 6.85. The number of halogens is 2. The van der Waals surface area contributed by atoms with E-state index in [0.29, 0.717) is 0 Å². The van der Waals surface area contributed by atoms with E-state index in [9.17, 15) is 8.78 Å². The van der Waals surface area contributed by atoms with Crippen LogP contribution in [-0.4, -0.2) is 26.8 Å². The fourth-order valence-corrected chi connectivity index (χ4v) is 0.294. The second-order valence-corrected chi connectivity index (χ2v) is 1.73. The average Bonchev–Trinajstić information content (AvgIpc) is 1.27. The van der Waals surface area contributed by atoms with Crippen molar-refractivity contribution >= 4 is 20.2 Å². The number of hydrogen-bond acceptors (Lipinski definition) is 2. The molecule has 42 valence electrons. The van der Waals surface area contributed by atoms with Gasteiger partial charge in [-0.15, -0.1) is 0 Å². The average molecular weight is 173 g/mol. The molecule has 0 aromatic rings. The molecular formula is C2H4F2N2Se. The SMILES string of the molecule is NC(=[Se])NC(F)F. The van der Waals surface area contributed by atoms with E-state index < -0.39 is 6.55 Å².